The molecule has 5 aromatic rings. The number of imidazole rings is 1. The molecular weight excluding hydrogens is 450 g/mol. The standard InChI is InChI=1S/C21H17N5O2S3/c1-13-9-10-26-11-17(24-21(26)22-13)15-3-5-16(6-4-15)25-31(27,28)20-8-7-19(30-20)18-12-29-14(2)23-18/h3-12,25H,1-2H3. The van der Waals surface area contributed by atoms with E-state index in [9.17, 15) is 8.42 Å². The Morgan fingerprint density at radius 3 is 2.48 bits per heavy atom. The van der Waals surface area contributed by atoms with Crippen LogP contribution in [0.5, 0.6) is 0 Å². The lowest BCUT2D eigenvalue weighted by Gasteiger charge is -2.06. The van der Waals surface area contributed by atoms with Crippen molar-refractivity contribution in [1.82, 2.24) is 19.4 Å². The summed E-state index contributed by atoms with van der Waals surface area (Å²) in [5.74, 6) is 0.628. The molecule has 0 amide bonds. The molecule has 0 radical (unpaired) electrons. The largest absolute Gasteiger partial charge is 0.291 e. The Balaban J connectivity index is 1.36. The van der Waals surface area contributed by atoms with Crippen molar-refractivity contribution in [2.75, 3.05) is 4.72 Å². The molecule has 0 spiro atoms. The molecule has 0 aliphatic rings. The molecule has 0 aliphatic carbocycles. The molecule has 4 aromatic heterocycles. The average molecular weight is 468 g/mol. The Labute approximate surface area is 187 Å². The van der Waals surface area contributed by atoms with Crippen LogP contribution in [0.1, 0.15) is 10.7 Å². The molecule has 156 valence electrons. The third-order valence-corrected chi connectivity index (χ3v) is 8.37. The van der Waals surface area contributed by atoms with Gasteiger partial charge in [-0.25, -0.2) is 23.4 Å². The molecule has 7 nitrogen and oxygen atoms in total. The minimum Gasteiger partial charge on any atom is -0.291 e. The number of hydrogen-bond donors (Lipinski definition) is 1. The smallest absolute Gasteiger partial charge is 0.271 e. The van der Waals surface area contributed by atoms with E-state index in [2.05, 4.69) is 19.7 Å². The summed E-state index contributed by atoms with van der Waals surface area (Å²) in [6.45, 7) is 3.85. The molecule has 31 heavy (non-hydrogen) atoms. The number of hydrogen-bond acceptors (Lipinski definition) is 7. The Bertz CT molecular complexity index is 1500. The van der Waals surface area contributed by atoms with Crippen LogP contribution in [0.2, 0.25) is 0 Å². The number of aromatic nitrogens is 4. The van der Waals surface area contributed by atoms with Gasteiger partial charge >= 0.3 is 0 Å². The number of rotatable bonds is 5. The maximum Gasteiger partial charge on any atom is 0.271 e. The zero-order valence-corrected chi connectivity index (χ0v) is 19.1. The quantitative estimate of drug-likeness (QED) is 0.393. The van der Waals surface area contributed by atoms with Crippen molar-refractivity contribution in [2.45, 2.75) is 18.1 Å². The SMILES string of the molecule is Cc1ccn2cc(-c3ccc(NS(=O)(=O)c4ccc(-c5csc(C)n5)s4)cc3)nc2n1. The van der Waals surface area contributed by atoms with Gasteiger partial charge in [-0.1, -0.05) is 12.1 Å². The van der Waals surface area contributed by atoms with Gasteiger partial charge in [-0.2, -0.15) is 0 Å². The van der Waals surface area contributed by atoms with Crippen molar-refractivity contribution in [1.29, 1.82) is 0 Å². The normalized spacial score (nSPS) is 11.8. The van der Waals surface area contributed by atoms with Gasteiger partial charge in [-0.3, -0.25) is 9.12 Å². The van der Waals surface area contributed by atoms with Gasteiger partial charge in [0.15, 0.2) is 0 Å². The van der Waals surface area contributed by atoms with Gasteiger partial charge in [0, 0.05) is 34.7 Å². The lowest BCUT2D eigenvalue weighted by Crippen LogP contribution is -2.11. The molecule has 4 heterocycles. The first-order valence-electron chi connectivity index (χ1n) is 9.35. The third kappa shape index (κ3) is 3.97. The Morgan fingerprint density at radius 2 is 1.74 bits per heavy atom. The fraction of sp³-hybridized carbons (Fsp3) is 0.0952. The molecule has 0 unspecified atom stereocenters. The van der Waals surface area contributed by atoms with Crippen LogP contribution in [-0.4, -0.2) is 27.8 Å². The second-order valence-corrected chi connectivity index (χ2v) is 11.0. The fourth-order valence-corrected chi connectivity index (χ4v) is 6.10. The molecule has 0 saturated carbocycles. The number of benzene rings is 1. The summed E-state index contributed by atoms with van der Waals surface area (Å²) in [7, 11) is -3.68. The first kappa shape index (κ1) is 19.9. The highest BCUT2D eigenvalue weighted by Crippen LogP contribution is 2.32. The summed E-state index contributed by atoms with van der Waals surface area (Å²) in [6.07, 6.45) is 3.81. The van der Waals surface area contributed by atoms with E-state index in [1.807, 2.05) is 54.2 Å². The number of anilines is 1. The Kier molecular flexibility index (Phi) is 4.84. The average Bonchev–Trinajstić information content (AvgIpc) is 3.47. The van der Waals surface area contributed by atoms with E-state index in [-0.39, 0.29) is 4.21 Å². The van der Waals surface area contributed by atoms with Crippen molar-refractivity contribution in [3.63, 3.8) is 0 Å². The molecule has 0 bridgehead atoms. The molecule has 0 atom stereocenters. The number of aryl methyl sites for hydroxylation is 2. The summed E-state index contributed by atoms with van der Waals surface area (Å²) >= 11 is 2.74. The first-order valence-corrected chi connectivity index (χ1v) is 12.5. The van der Waals surface area contributed by atoms with Gasteiger partial charge in [0.1, 0.15) is 4.21 Å². The summed E-state index contributed by atoms with van der Waals surface area (Å²) < 4.78 is 30.4. The van der Waals surface area contributed by atoms with Crippen molar-refractivity contribution >= 4 is 44.2 Å². The van der Waals surface area contributed by atoms with Crippen LogP contribution in [0, 0.1) is 13.8 Å². The highest BCUT2D eigenvalue weighted by molar-refractivity contribution is 7.94. The molecule has 0 fully saturated rings. The van der Waals surface area contributed by atoms with E-state index in [4.69, 9.17) is 0 Å². The number of sulfonamides is 1. The van der Waals surface area contributed by atoms with Crippen LogP contribution in [0.15, 0.2) is 64.4 Å². The number of thiazole rings is 1. The van der Waals surface area contributed by atoms with Gasteiger partial charge in [0.2, 0.25) is 5.78 Å². The Morgan fingerprint density at radius 1 is 0.935 bits per heavy atom. The van der Waals surface area contributed by atoms with E-state index in [0.717, 1.165) is 32.5 Å². The third-order valence-electron chi connectivity index (χ3n) is 4.62. The van der Waals surface area contributed by atoms with Crippen LogP contribution in [0.25, 0.3) is 27.6 Å². The number of thiophene rings is 1. The van der Waals surface area contributed by atoms with Crippen molar-refractivity contribution in [3.05, 3.63) is 70.9 Å². The van der Waals surface area contributed by atoms with E-state index in [1.54, 1.807) is 24.3 Å². The van der Waals surface area contributed by atoms with Crippen molar-refractivity contribution in [2.24, 2.45) is 0 Å². The summed E-state index contributed by atoms with van der Waals surface area (Å²) in [4.78, 5) is 14.2. The van der Waals surface area contributed by atoms with Gasteiger partial charge in [0.05, 0.1) is 21.3 Å². The predicted molar refractivity (Wildman–Crippen MR) is 124 cm³/mol. The minimum absolute atomic E-state index is 0.249. The summed E-state index contributed by atoms with van der Waals surface area (Å²) in [6, 6.07) is 12.4. The fourth-order valence-electron chi connectivity index (χ4n) is 3.09. The van der Waals surface area contributed by atoms with Crippen molar-refractivity contribution < 1.29 is 8.42 Å². The number of nitrogens with one attached hydrogen (secondary N) is 1. The van der Waals surface area contributed by atoms with Crippen LogP contribution in [0.4, 0.5) is 5.69 Å². The van der Waals surface area contributed by atoms with E-state index in [0.29, 0.717) is 11.5 Å². The molecule has 0 aliphatic heterocycles. The topological polar surface area (TPSA) is 89.2 Å². The molecule has 5 rings (SSSR count). The molecule has 0 saturated heterocycles. The maximum atomic E-state index is 12.8. The monoisotopic (exact) mass is 467 g/mol. The van der Waals surface area contributed by atoms with Crippen LogP contribution < -0.4 is 4.72 Å². The van der Waals surface area contributed by atoms with E-state index >= 15 is 0 Å². The maximum absolute atomic E-state index is 12.8. The molecule has 1 aromatic carbocycles. The molecule has 10 heteroatoms. The van der Waals surface area contributed by atoms with Crippen LogP contribution in [0.3, 0.4) is 0 Å². The number of nitrogens with zero attached hydrogens (tertiary/aromatic N) is 4. The van der Waals surface area contributed by atoms with Crippen molar-refractivity contribution in [3.8, 4) is 21.8 Å². The second-order valence-electron chi connectivity index (χ2n) is 6.96. The van der Waals surface area contributed by atoms with Gasteiger partial charge in [0.25, 0.3) is 10.0 Å². The zero-order chi connectivity index (χ0) is 21.6. The van der Waals surface area contributed by atoms with Crippen LogP contribution in [-0.2, 0) is 10.0 Å². The predicted octanol–water partition coefficient (Wildman–Crippen LogP) is 5.00. The molecular formula is C21H17N5O2S3. The van der Waals surface area contributed by atoms with Gasteiger partial charge in [-0.15, -0.1) is 22.7 Å². The first-order chi connectivity index (χ1) is 14.9. The molecule has 1 N–H and O–H groups in total. The van der Waals surface area contributed by atoms with Crippen LogP contribution >= 0.6 is 22.7 Å². The lowest BCUT2D eigenvalue weighted by atomic mass is 10.1. The zero-order valence-electron chi connectivity index (χ0n) is 16.6. The Hall–Kier alpha value is -3.08. The summed E-state index contributed by atoms with van der Waals surface area (Å²) in [5, 5.41) is 2.88. The lowest BCUT2D eigenvalue weighted by molar-refractivity contribution is 0.603. The minimum atomic E-state index is -3.68. The van der Waals surface area contributed by atoms with Gasteiger partial charge < -0.3 is 0 Å². The van der Waals surface area contributed by atoms with E-state index in [1.165, 1.54) is 22.7 Å². The summed E-state index contributed by atoms with van der Waals surface area (Å²) in [5.41, 5.74) is 3.84. The number of fused-ring (bicyclic) bond motifs is 1. The second kappa shape index (κ2) is 7.56. The highest BCUT2D eigenvalue weighted by atomic mass is 32.2. The van der Waals surface area contributed by atoms with Gasteiger partial charge in [-0.05, 0) is 44.2 Å². The highest BCUT2D eigenvalue weighted by Gasteiger charge is 2.18. The van der Waals surface area contributed by atoms with E-state index < -0.39 is 10.0 Å².